The van der Waals surface area contributed by atoms with Crippen molar-refractivity contribution in [1.29, 1.82) is 0 Å². The lowest BCUT2D eigenvalue weighted by atomic mass is 10.1. The number of primary amides is 1. The van der Waals surface area contributed by atoms with E-state index in [0.29, 0.717) is 21.9 Å². The molecule has 0 fully saturated rings. The summed E-state index contributed by atoms with van der Waals surface area (Å²) in [6.45, 7) is 1.08. The molecule has 0 radical (unpaired) electrons. The smallest absolute Gasteiger partial charge is 0.309 e. The van der Waals surface area contributed by atoms with Gasteiger partial charge in [0.05, 0.1) is 18.6 Å². The maximum Gasteiger partial charge on any atom is 0.309 e. The van der Waals surface area contributed by atoms with E-state index in [1.54, 1.807) is 24.3 Å². The van der Waals surface area contributed by atoms with Crippen LogP contribution in [0.5, 0.6) is 5.75 Å². The highest BCUT2D eigenvalue weighted by Gasteiger charge is 2.26. The predicted octanol–water partition coefficient (Wildman–Crippen LogP) is 2.49. The number of nitrogens with two attached hydrogens (primary N) is 1. The summed E-state index contributed by atoms with van der Waals surface area (Å²) in [5.41, 5.74) is 7.30. The Morgan fingerprint density at radius 1 is 1.13 bits per heavy atom. The summed E-state index contributed by atoms with van der Waals surface area (Å²) in [5.74, 6) is -1.22. The average Bonchev–Trinajstić information content (AvgIpc) is 3.27. The minimum absolute atomic E-state index is 0.0401. The molecule has 1 aliphatic carbocycles. The topological polar surface area (TPSA) is 125 Å². The number of carbonyl (C=O) groups is 4. The number of fused-ring (bicyclic) bond motifs is 1. The molecule has 30 heavy (non-hydrogen) atoms. The Morgan fingerprint density at radius 2 is 1.87 bits per heavy atom. The highest BCUT2D eigenvalue weighted by atomic mass is 32.1. The molecule has 3 N–H and O–H groups in total. The maximum absolute atomic E-state index is 12.1. The molecule has 1 heterocycles. The van der Waals surface area contributed by atoms with E-state index in [0.717, 1.165) is 29.7 Å². The Bertz CT molecular complexity index is 980. The van der Waals surface area contributed by atoms with Gasteiger partial charge in [0.15, 0.2) is 12.4 Å². The van der Waals surface area contributed by atoms with Crippen LogP contribution in [0.15, 0.2) is 24.3 Å². The van der Waals surface area contributed by atoms with E-state index in [2.05, 4.69) is 5.32 Å². The van der Waals surface area contributed by atoms with Crippen LogP contribution in [0.3, 0.4) is 0 Å². The fraction of sp³-hybridized carbons (Fsp3) is 0.333. The third-order valence-electron chi connectivity index (χ3n) is 4.62. The van der Waals surface area contributed by atoms with Crippen LogP contribution in [-0.2, 0) is 27.2 Å². The number of ketones is 1. The first kappa shape index (κ1) is 21.5. The molecular formula is C21H22N2O6S. The quantitative estimate of drug-likeness (QED) is 0.465. The number of benzene rings is 1. The van der Waals surface area contributed by atoms with Crippen molar-refractivity contribution in [1.82, 2.24) is 0 Å². The lowest BCUT2D eigenvalue weighted by molar-refractivity contribution is -0.147. The molecular weight excluding hydrogens is 408 g/mol. The summed E-state index contributed by atoms with van der Waals surface area (Å²) in [5, 5.41) is 3.02. The Morgan fingerprint density at radius 3 is 2.53 bits per heavy atom. The third kappa shape index (κ3) is 5.24. The summed E-state index contributed by atoms with van der Waals surface area (Å²) >= 11 is 1.34. The molecule has 0 saturated heterocycles. The van der Waals surface area contributed by atoms with Gasteiger partial charge in [0.25, 0.3) is 11.8 Å². The number of thiophene rings is 1. The van der Waals surface area contributed by atoms with Crippen molar-refractivity contribution < 1.29 is 28.7 Å². The highest BCUT2D eigenvalue weighted by molar-refractivity contribution is 7.17. The molecule has 3 rings (SSSR count). The van der Waals surface area contributed by atoms with Crippen LogP contribution in [0.2, 0.25) is 0 Å². The zero-order valence-electron chi connectivity index (χ0n) is 16.5. The van der Waals surface area contributed by atoms with E-state index < -0.39 is 24.4 Å². The zero-order valence-corrected chi connectivity index (χ0v) is 17.3. The molecule has 2 amide bonds. The van der Waals surface area contributed by atoms with Gasteiger partial charge in [-0.05, 0) is 56.0 Å². The molecule has 158 valence electrons. The SMILES string of the molecule is CC(=O)c1ccc(OCCC(=O)OCC(=O)Nc2sc3c(c2C(N)=O)CCC3)cc1. The summed E-state index contributed by atoms with van der Waals surface area (Å²) < 4.78 is 10.4. The van der Waals surface area contributed by atoms with Crippen molar-refractivity contribution in [3.05, 3.63) is 45.8 Å². The zero-order chi connectivity index (χ0) is 21.7. The van der Waals surface area contributed by atoms with E-state index in [-0.39, 0.29) is 18.8 Å². The molecule has 2 aromatic rings. The molecule has 1 aliphatic rings. The molecule has 0 aliphatic heterocycles. The van der Waals surface area contributed by atoms with Crippen LogP contribution in [0, 0.1) is 0 Å². The van der Waals surface area contributed by atoms with Gasteiger partial charge in [-0.2, -0.15) is 0 Å². The van der Waals surface area contributed by atoms with Crippen molar-refractivity contribution in [2.75, 3.05) is 18.5 Å². The molecule has 0 spiro atoms. The Labute approximate surface area is 177 Å². The largest absolute Gasteiger partial charge is 0.493 e. The maximum atomic E-state index is 12.1. The molecule has 1 aromatic carbocycles. The normalized spacial score (nSPS) is 12.2. The van der Waals surface area contributed by atoms with Crippen molar-refractivity contribution >= 4 is 39.9 Å². The van der Waals surface area contributed by atoms with Gasteiger partial charge in [-0.15, -0.1) is 11.3 Å². The molecule has 0 bridgehead atoms. The van der Waals surface area contributed by atoms with Crippen LogP contribution in [-0.4, -0.2) is 36.8 Å². The number of ether oxygens (including phenoxy) is 2. The van der Waals surface area contributed by atoms with E-state index in [1.807, 2.05) is 0 Å². The molecule has 0 unspecified atom stereocenters. The summed E-state index contributed by atoms with van der Waals surface area (Å²) in [6.07, 6.45) is 2.56. The Balaban J connectivity index is 1.42. The number of hydrogen-bond acceptors (Lipinski definition) is 7. The first-order valence-electron chi connectivity index (χ1n) is 9.48. The second-order valence-corrected chi connectivity index (χ2v) is 7.92. The minimum Gasteiger partial charge on any atom is -0.493 e. The van der Waals surface area contributed by atoms with Crippen molar-refractivity contribution in [3.63, 3.8) is 0 Å². The van der Waals surface area contributed by atoms with Crippen molar-refractivity contribution in [2.45, 2.75) is 32.6 Å². The van der Waals surface area contributed by atoms with Crippen LogP contribution in [0.4, 0.5) is 5.00 Å². The van der Waals surface area contributed by atoms with Crippen LogP contribution in [0.1, 0.15) is 50.9 Å². The first-order valence-corrected chi connectivity index (χ1v) is 10.3. The van der Waals surface area contributed by atoms with Gasteiger partial charge in [-0.25, -0.2) is 0 Å². The third-order valence-corrected chi connectivity index (χ3v) is 5.83. The number of Topliss-reactive ketones (excluding diaryl/α,β-unsaturated/α-hetero) is 1. The summed E-state index contributed by atoms with van der Waals surface area (Å²) in [6, 6.07) is 6.57. The summed E-state index contributed by atoms with van der Waals surface area (Å²) in [4.78, 5) is 48.0. The van der Waals surface area contributed by atoms with Gasteiger partial charge in [0.1, 0.15) is 10.8 Å². The van der Waals surface area contributed by atoms with Gasteiger partial charge < -0.3 is 20.5 Å². The van der Waals surface area contributed by atoms with E-state index in [4.69, 9.17) is 15.2 Å². The standard InChI is InChI=1S/C21H22N2O6S/c1-12(24)13-5-7-14(8-6-13)28-10-9-18(26)29-11-17(25)23-21-19(20(22)27)15-3-2-4-16(15)30-21/h5-8H,2-4,9-11H2,1H3,(H2,22,27)(H,23,25). The average molecular weight is 430 g/mol. The van der Waals surface area contributed by atoms with Crippen LogP contribution in [0.25, 0.3) is 0 Å². The Hall–Kier alpha value is -3.20. The van der Waals surface area contributed by atoms with E-state index >= 15 is 0 Å². The van der Waals surface area contributed by atoms with Crippen molar-refractivity contribution in [3.8, 4) is 5.75 Å². The molecule has 0 saturated carbocycles. The lowest BCUT2D eigenvalue weighted by Crippen LogP contribution is -2.23. The van der Waals surface area contributed by atoms with Crippen LogP contribution < -0.4 is 15.8 Å². The van der Waals surface area contributed by atoms with Gasteiger partial charge in [-0.3, -0.25) is 19.2 Å². The first-order chi connectivity index (χ1) is 14.3. The number of carbonyl (C=O) groups excluding carboxylic acids is 4. The fourth-order valence-electron chi connectivity index (χ4n) is 3.17. The number of amides is 2. The van der Waals surface area contributed by atoms with Gasteiger partial charge in [-0.1, -0.05) is 0 Å². The van der Waals surface area contributed by atoms with Gasteiger partial charge in [0.2, 0.25) is 0 Å². The molecule has 8 nitrogen and oxygen atoms in total. The van der Waals surface area contributed by atoms with E-state index in [9.17, 15) is 19.2 Å². The second kappa shape index (κ2) is 9.53. The van der Waals surface area contributed by atoms with Crippen molar-refractivity contribution in [2.24, 2.45) is 5.73 Å². The lowest BCUT2D eigenvalue weighted by Gasteiger charge is -2.08. The number of esters is 1. The number of nitrogens with one attached hydrogen (secondary N) is 1. The predicted molar refractivity (Wildman–Crippen MR) is 111 cm³/mol. The number of rotatable bonds is 9. The number of anilines is 1. The molecule has 9 heteroatoms. The minimum atomic E-state index is -0.589. The summed E-state index contributed by atoms with van der Waals surface area (Å²) in [7, 11) is 0. The molecule has 0 atom stereocenters. The monoisotopic (exact) mass is 430 g/mol. The van der Waals surface area contributed by atoms with E-state index in [1.165, 1.54) is 18.3 Å². The van der Waals surface area contributed by atoms with Gasteiger partial charge >= 0.3 is 5.97 Å². The number of hydrogen-bond donors (Lipinski definition) is 2. The van der Waals surface area contributed by atoms with Crippen LogP contribution >= 0.6 is 11.3 Å². The molecule has 1 aromatic heterocycles. The second-order valence-electron chi connectivity index (χ2n) is 6.81. The fourth-order valence-corrected chi connectivity index (χ4v) is 4.48. The Kier molecular flexibility index (Phi) is 6.83. The van der Waals surface area contributed by atoms with Gasteiger partial charge in [0, 0.05) is 10.4 Å². The number of aryl methyl sites for hydroxylation is 1. The highest BCUT2D eigenvalue weighted by Crippen LogP contribution is 2.38.